The third kappa shape index (κ3) is 4.89. The molecule has 1 atom stereocenters. The summed E-state index contributed by atoms with van der Waals surface area (Å²) in [6, 6.07) is 1.09. The molecule has 1 rings (SSSR count). The van der Waals surface area contributed by atoms with Crippen LogP contribution in [0.3, 0.4) is 0 Å². The van der Waals surface area contributed by atoms with Crippen LogP contribution in [0.2, 0.25) is 0 Å². The zero-order valence-electron chi connectivity index (χ0n) is 13.4. The molecule has 0 bridgehead atoms. The van der Waals surface area contributed by atoms with Crippen molar-refractivity contribution in [3.05, 3.63) is 0 Å². The number of hydrogen-bond donors (Lipinski definition) is 1. The fourth-order valence-electron chi connectivity index (χ4n) is 2.78. The molecule has 2 nitrogen and oxygen atoms in total. The average molecular weight is 254 g/mol. The van der Waals surface area contributed by atoms with E-state index in [1.807, 2.05) is 0 Å². The first-order valence-corrected chi connectivity index (χ1v) is 7.58. The standard InChI is InChI=1S/C16H34N2/c1-15(2,3)14(17)9-12-18(6)13-7-10-16(4,5)11-8-13/h13-14H,7-12,17H2,1-6H3. The molecule has 2 N–H and O–H groups in total. The summed E-state index contributed by atoms with van der Waals surface area (Å²) in [7, 11) is 2.28. The van der Waals surface area contributed by atoms with E-state index in [2.05, 4.69) is 46.6 Å². The molecule has 0 heterocycles. The molecule has 2 heteroatoms. The van der Waals surface area contributed by atoms with E-state index in [9.17, 15) is 0 Å². The lowest BCUT2D eigenvalue weighted by atomic mass is 9.75. The van der Waals surface area contributed by atoms with Gasteiger partial charge in [-0.25, -0.2) is 0 Å². The zero-order valence-corrected chi connectivity index (χ0v) is 13.4. The SMILES string of the molecule is CN(CCC(N)C(C)(C)C)C1CCC(C)(C)CC1. The van der Waals surface area contributed by atoms with Crippen LogP contribution in [0.1, 0.15) is 66.7 Å². The summed E-state index contributed by atoms with van der Waals surface area (Å²) in [6.45, 7) is 12.7. The van der Waals surface area contributed by atoms with E-state index in [4.69, 9.17) is 5.73 Å². The lowest BCUT2D eigenvalue weighted by Gasteiger charge is -2.39. The van der Waals surface area contributed by atoms with Crippen molar-refractivity contribution in [2.24, 2.45) is 16.6 Å². The Morgan fingerprint density at radius 3 is 2.17 bits per heavy atom. The highest BCUT2D eigenvalue weighted by Gasteiger charge is 2.29. The van der Waals surface area contributed by atoms with Crippen molar-refractivity contribution >= 4 is 0 Å². The Bertz CT molecular complexity index is 242. The van der Waals surface area contributed by atoms with Crippen molar-refractivity contribution < 1.29 is 0 Å². The van der Waals surface area contributed by atoms with Gasteiger partial charge in [0.25, 0.3) is 0 Å². The first kappa shape index (κ1) is 16.0. The molecule has 0 spiro atoms. The molecule has 18 heavy (non-hydrogen) atoms. The van der Waals surface area contributed by atoms with Crippen LogP contribution >= 0.6 is 0 Å². The minimum atomic E-state index is 0.232. The quantitative estimate of drug-likeness (QED) is 0.830. The summed E-state index contributed by atoms with van der Waals surface area (Å²) < 4.78 is 0. The van der Waals surface area contributed by atoms with Crippen molar-refractivity contribution in [1.29, 1.82) is 0 Å². The van der Waals surface area contributed by atoms with Gasteiger partial charge in [-0.05, 0) is 56.5 Å². The van der Waals surface area contributed by atoms with E-state index in [1.54, 1.807) is 0 Å². The molecule has 0 amide bonds. The van der Waals surface area contributed by atoms with Gasteiger partial charge in [-0.3, -0.25) is 0 Å². The van der Waals surface area contributed by atoms with Gasteiger partial charge < -0.3 is 10.6 Å². The van der Waals surface area contributed by atoms with E-state index in [0.717, 1.165) is 19.0 Å². The summed E-state index contributed by atoms with van der Waals surface area (Å²) in [4.78, 5) is 2.54. The maximum Gasteiger partial charge on any atom is 0.00998 e. The molecule has 1 aliphatic rings. The zero-order chi connectivity index (χ0) is 14.0. The normalized spacial score (nSPS) is 23.3. The summed E-state index contributed by atoms with van der Waals surface area (Å²) in [5.41, 5.74) is 7.05. The van der Waals surface area contributed by atoms with Crippen molar-refractivity contribution in [3.8, 4) is 0 Å². The van der Waals surface area contributed by atoms with E-state index in [1.165, 1.54) is 25.7 Å². The molecule has 0 saturated heterocycles. The molecule has 1 saturated carbocycles. The van der Waals surface area contributed by atoms with Crippen molar-refractivity contribution in [1.82, 2.24) is 4.90 Å². The van der Waals surface area contributed by atoms with Gasteiger partial charge in [0.2, 0.25) is 0 Å². The van der Waals surface area contributed by atoms with Gasteiger partial charge in [-0.1, -0.05) is 34.6 Å². The Balaban J connectivity index is 2.32. The summed E-state index contributed by atoms with van der Waals surface area (Å²) >= 11 is 0. The van der Waals surface area contributed by atoms with Crippen LogP contribution in [0.25, 0.3) is 0 Å². The lowest BCUT2D eigenvalue weighted by Crippen LogP contribution is -2.42. The van der Waals surface area contributed by atoms with Crippen LogP contribution < -0.4 is 5.73 Å². The van der Waals surface area contributed by atoms with E-state index >= 15 is 0 Å². The monoisotopic (exact) mass is 254 g/mol. The average Bonchev–Trinajstić information content (AvgIpc) is 2.24. The lowest BCUT2D eigenvalue weighted by molar-refractivity contribution is 0.120. The molecule has 0 aliphatic heterocycles. The highest BCUT2D eigenvalue weighted by atomic mass is 15.1. The summed E-state index contributed by atoms with van der Waals surface area (Å²) in [5, 5.41) is 0. The van der Waals surface area contributed by atoms with Crippen LogP contribution in [0.4, 0.5) is 0 Å². The Hall–Kier alpha value is -0.0800. The second kappa shape index (κ2) is 5.92. The molecule has 1 unspecified atom stereocenters. The molecular formula is C16H34N2. The molecule has 1 aliphatic carbocycles. The second-order valence-corrected chi connectivity index (χ2v) is 8.14. The third-order valence-electron chi connectivity index (χ3n) is 4.84. The minimum absolute atomic E-state index is 0.232. The van der Waals surface area contributed by atoms with Gasteiger partial charge in [-0.2, -0.15) is 0 Å². The fourth-order valence-corrected chi connectivity index (χ4v) is 2.78. The van der Waals surface area contributed by atoms with Gasteiger partial charge in [-0.15, -0.1) is 0 Å². The van der Waals surface area contributed by atoms with Gasteiger partial charge in [0.1, 0.15) is 0 Å². The van der Waals surface area contributed by atoms with Crippen LogP contribution in [-0.4, -0.2) is 30.6 Å². The number of nitrogens with two attached hydrogens (primary N) is 1. The smallest absolute Gasteiger partial charge is 0.00998 e. The van der Waals surface area contributed by atoms with Crippen LogP contribution in [0.5, 0.6) is 0 Å². The van der Waals surface area contributed by atoms with E-state index in [-0.39, 0.29) is 5.41 Å². The molecule has 0 aromatic heterocycles. The molecule has 0 aromatic rings. The predicted octanol–water partition coefficient (Wildman–Crippen LogP) is 3.65. The topological polar surface area (TPSA) is 29.3 Å². The first-order valence-electron chi connectivity index (χ1n) is 7.58. The Morgan fingerprint density at radius 1 is 1.22 bits per heavy atom. The van der Waals surface area contributed by atoms with Crippen molar-refractivity contribution in [3.63, 3.8) is 0 Å². The Kier molecular flexibility index (Phi) is 5.25. The van der Waals surface area contributed by atoms with E-state index < -0.39 is 0 Å². The Morgan fingerprint density at radius 2 is 1.72 bits per heavy atom. The predicted molar refractivity (Wildman–Crippen MR) is 80.7 cm³/mol. The number of rotatable bonds is 4. The van der Waals surface area contributed by atoms with Crippen molar-refractivity contribution in [2.75, 3.05) is 13.6 Å². The maximum atomic E-state index is 6.24. The van der Waals surface area contributed by atoms with Crippen LogP contribution in [-0.2, 0) is 0 Å². The van der Waals surface area contributed by atoms with Gasteiger partial charge in [0.05, 0.1) is 0 Å². The molecular weight excluding hydrogens is 220 g/mol. The van der Waals surface area contributed by atoms with Gasteiger partial charge in [0, 0.05) is 12.1 Å². The molecule has 1 fully saturated rings. The highest BCUT2D eigenvalue weighted by molar-refractivity contribution is 4.84. The largest absolute Gasteiger partial charge is 0.327 e. The Labute approximate surface area is 114 Å². The third-order valence-corrected chi connectivity index (χ3v) is 4.84. The molecule has 0 radical (unpaired) electrons. The number of hydrogen-bond acceptors (Lipinski definition) is 2. The minimum Gasteiger partial charge on any atom is -0.327 e. The highest BCUT2D eigenvalue weighted by Crippen LogP contribution is 2.36. The molecule has 0 aromatic carbocycles. The summed E-state index contributed by atoms with van der Waals surface area (Å²) in [6.07, 6.45) is 6.56. The van der Waals surface area contributed by atoms with Crippen LogP contribution in [0, 0.1) is 10.8 Å². The molecule has 108 valence electrons. The summed E-state index contributed by atoms with van der Waals surface area (Å²) in [5.74, 6) is 0. The van der Waals surface area contributed by atoms with Gasteiger partial charge >= 0.3 is 0 Å². The van der Waals surface area contributed by atoms with Crippen molar-refractivity contribution in [2.45, 2.75) is 78.8 Å². The maximum absolute atomic E-state index is 6.24. The van der Waals surface area contributed by atoms with Gasteiger partial charge in [0.15, 0.2) is 0 Å². The number of nitrogens with zero attached hydrogens (tertiary/aromatic N) is 1. The fraction of sp³-hybridized carbons (Fsp3) is 1.00. The van der Waals surface area contributed by atoms with E-state index in [0.29, 0.717) is 11.5 Å². The second-order valence-electron chi connectivity index (χ2n) is 8.14. The van der Waals surface area contributed by atoms with Crippen LogP contribution in [0.15, 0.2) is 0 Å². The first-order chi connectivity index (χ1) is 8.12.